The Hall–Kier alpha value is -2.53. The van der Waals surface area contributed by atoms with Gasteiger partial charge in [-0.2, -0.15) is 0 Å². The fourth-order valence-corrected chi connectivity index (χ4v) is 1.71. The Kier molecular flexibility index (Phi) is 3.78. The van der Waals surface area contributed by atoms with Crippen LogP contribution in [-0.2, 0) is 6.54 Å². The van der Waals surface area contributed by atoms with Gasteiger partial charge in [0.15, 0.2) is 12.8 Å². The Labute approximate surface area is 107 Å². The molecule has 0 N–H and O–H groups in total. The maximum atomic E-state index is 11.8. The van der Waals surface area contributed by atoms with Crippen LogP contribution in [0.25, 0.3) is 0 Å². The molecule has 0 unspecified atom stereocenters. The molecule has 0 saturated heterocycles. The zero-order valence-corrected chi connectivity index (χ0v) is 9.91. The molecule has 0 aromatic heterocycles. The Morgan fingerprint density at radius 3 is 2.44 bits per heavy atom. The van der Waals surface area contributed by atoms with Gasteiger partial charge in [-0.1, -0.05) is 48.4 Å². The van der Waals surface area contributed by atoms with Crippen molar-refractivity contribution in [3.63, 3.8) is 0 Å². The van der Waals surface area contributed by atoms with Gasteiger partial charge in [0.25, 0.3) is 0 Å². The van der Waals surface area contributed by atoms with E-state index in [4.69, 9.17) is 6.42 Å². The molecule has 0 fully saturated rings. The molecule has 0 spiro atoms. The average molecular weight is 235 g/mol. The third-order valence-electron chi connectivity index (χ3n) is 2.58. The quantitative estimate of drug-likeness (QED) is 0.264. The Balaban J connectivity index is 2.21. The van der Waals surface area contributed by atoms with Gasteiger partial charge in [-0.15, -0.1) is 6.42 Å². The van der Waals surface area contributed by atoms with Crippen LogP contribution in [0, 0.1) is 17.6 Å². The molecule has 0 atom stereocenters. The van der Waals surface area contributed by atoms with E-state index in [1.165, 1.54) is 6.21 Å². The van der Waals surface area contributed by atoms with Crippen molar-refractivity contribution in [1.29, 1.82) is 0 Å². The maximum absolute atomic E-state index is 11.8. The van der Waals surface area contributed by atoms with Gasteiger partial charge >= 0.3 is 0 Å². The number of rotatable bonds is 3. The second-order valence-electron chi connectivity index (χ2n) is 3.92. The molecule has 0 bridgehead atoms. The third kappa shape index (κ3) is 2.99. The number of benzene rings is 2. The minimum absolute atomic E-state index is 0.319. The van der Waals surface area contributed by atoms with Gasteiger partial charge in [0.1, 0.15) is 0 Å². The number of hydroxylamine groups is 1. The van der Waals surface area contributed by atoms with Crippen LogP contribution in [0.1, 0.15) is 16.7 Å². The lowest BCUT2D eigenvalue weighted by Gasteiger charge is -2.04. The van der Waals surface area contributed by atoms with Gasteiger partial charge < -0.3 is 5.21 Å². The van der Waals surface area contributed by atoms with Crippen LogP contribution < -0.4 is 0 Å². The fourth-order valence-electron chi connectivity index (χ4n) is 1.71. The first-order valence-corrected chi connectivity index (χ1v) is 5.68. The van der Waals surface area contributed by atoms with E-state index in [0.29, 0.717) is 6.54 Å². The summed E-state index contributed by atoms with van der Waals surface area (Å²) in [5.74, 6) is 2.57. The van der Waals surface area contributed by atoms with Gasteiger partial charge in [-0.3, -0.25) is 0 Å². The molecular weight excluding hydrogens is 222 g/mol. The van der Waals surface area contributed by atoms with Crippen molar-refractivity contribution in [3.8, 4) is 12.3 Å². The lowest BCUT2D eigenvalue weighted by Crippen LogP contribution is -2.06. The molecule has 0 radical (unpaired) electrons. The van der Waals surface area contributed by atoms with Crippen molar-refractivity contribution in [2.45, 2.75) is 6.54 Å². The van der Waals surface area contributed by atoms with Crippen molar-refractivity contribution in [2.75, 3.05) is 0 Å². The molecule has 0 aliphatic carbocycles. The molecule has 2 rings (SSSR count). The maximum Gasteiger partial charge on any atom is 0.183 e. The van der Waals surface area contributed by atoms with Crippen molar-refractivity contribution in [1.82, 2.24) is 0 Å². The SMILES string of the molecule is C#Cc1ccccc1/C=[N+](\[O-])Cc1ccccc1. The van der Waals surface area contributed by atoms with E-state index < -0.39 is 0 Å². The molecule has 2 nitrogen and oxygen atoms in total. The van der Waals surface area contributed by atoms with Crippen LogP contribution in [0.15, 0.2) is 54.6 Å². The van der Waals surface area contributed by atoms with Crippen molar-refractivity contribution in [2.24, 2.45) is 0 Å². The van der Waals surface area contributed by atoms with E-state index in [-0.39, 0.29) is 0 Å². The summed E-state index contributed by atoms with van der Waals surface area (Å²) < 4.78 is 0.894. The lowest BCUT2D eigenvalue weighted by molar-refractivity contribution is -0.469. The van der Waals surface area contributed by atoms with E-state index in [2.05, 4.69) is 5.92 Å². The first kappa shape index (κ1) is 11.9. The minimum Gasteiger partial charge on any atom is -0.624 e. The number of nitrogens with zero attached hydrogens (tertiary/aromatic N) is 1. The summed E-state index contributed by atoms with van der Waals surface area (Å²) in [5.41, 5.74) is 2.47. The molecular formula is C16H13NO. The van der Waals surface area contributed by atoms with Crippen molar-refractivity contribution < 1.29 is 4.74 Å². The predicted molar refractivity (Wildman–Crippen MR) is 73.3 cm³/mol. The first-order valence-electron chi connectivity index (χ1n) is 5.68. The molecule has 0 aliphatic rings. The summed E-state index contributed by atoms with van der Waals surface area (Å²) in [6, 6.07) is 17.0. The fraction of sp³-hybridized carbons (Fsp3) is 0.0625. The highest BCUT2D eigenvalue weighted by Gasteiger charge is 2.01. The van der Waals surface area contributed by atoms with E-state index >= 15 is 0 Å². The molecule has 0 aliphatic heterocycles. The highest BCUT2D eigenvalue weighted by molar-refractivity contribution is 5.80. The second-order valence-corrected chi connectivity index (χ2v) is 3.92. The Bertz CT molecular complexity index is 594. The summed E-state index contributed by atoms with van der Waals surface area (Å²) in [6.45, 7) is 0.319. The van der Waals surface area contributed by atoms with Crippen LogP contribution in [0.5, 0.6) is 0 Å². The topological polar surface area (TPSA) is 26.1 Å². The molecule has 88 valence electrons. The van der Waals surface area contributed by atoms with Gasteiger partial charge in [-0.05, 0) is 12.1 Å². The highest BCUT2D eigenvalue weighted by atomic mass is 16.5. The van der Waals surface area contributed by atoms with Crippen LogP contribution in [0.2, 0.25) is 0 Å². The van der Waals surface area contributed by atoms with E-state index in [1.54, 1.807) is 0 Å². The van der Waals surface area contributed by atoms with E-state index in [0.717, 1.165) is 21.4 Å². The van der Waals surface area contributed by atoms with Gasteiger partial charge in [0.2, 0.25) is 0 Å². The predicted octanol–water partition coefficient (Wildman–Crippen LogP) is 2.80. The molecule has 2 heteroatoms. The van der Waals surface area contributed by atoms with Crippen LogP contribution in [0.3, 0.4) is 0 Å². The molecule has 0 heterocycles. The van der Waals surface area contributed by atoms with Crippen molar-refractivity contribution in [3.05, 3.63) is 76.5 Å². The average Bonchev–Trinajstić information content (AvgIpc) is 2.40. The van der Waals surface area contributed by atoms with Crippen LogP contribution in [-0.4, -0.2) is 11.0 Å². The van der Waals surface area contributed by atoms with Gasteiger partial charge in [-0.25, -0.2) is 4.74 Å². The molecule has 0 saturated carbocycles. The molecule has 2 aromatic carbocycles. The highest BCUT2D eigenvalue weighted by Crippen LogP contribution is 2.05. The second kappa shape index (κ2) is 5.70. The number of hydrogen-bond acceptors (Lipinski definition) is 1. The standard InChI is InChI=1S/C16H13NO/c1-2-15-10-6-7-11-16(15)13-17(18)12-14-8-4-3-5-9-14/h1,3-11,13H,12H2/b17-13-. The molecule has 2 aromatic rings. The molecule has 0 amide bonds. The number of hydrogen-bond donors (Lipinski definition) is 0. The van der Waals surface area contributed by atoms with Gasteiger partial charge in [0.05, 0.1) is 5.56 Å². The Morgan fingerprint density at radius 2 is 1.72 bits per heavy atom. The first-order chi connectivity index (χ1) is 8.79. The minimum atomic E-state index is 0.319. The van der Waals surface area contributed by atoms with Crippen molar-refractivity contribution >= 4 is 6.21 Å². The molecule has 18 heavy (non-hydrogen) atoms. The van der Waals surface area contributed by atoms with Crippen LogP contribution >= 0.6 is 0 Å². The van der Waals surface area contributed by atoms with Crippen LogP contribution in [0.4, 0.5) is 0 Å². The third-order valence-corrected chi connectivity index (χ3v) is 2.58. The normalized spacial score (nSPS) is 10.9. The largest absolute Gasteiger partial charge is 0.624 e. The Morgan fingerprint density at radius 1 is 1.06 bits per heavy atom. The summed E-state index contributed by atoms with van der Waals surface area (Å²) in [4.78, 5) is 0. The monoisotopic (exact) mass is 235 g/mol. The summed E-state index contributed by atoms with van der Waals surface area (Å²) in [7, 11) is 0. The van der Waals surface area contributed by atoms with E-state index in [1.807, 2.05) is 54.6 Å². The lowest BCUT2D eigenvalue weighted by atomic mass is 10.1. The summed E-state index contributed by atoms with van der Waals surface area (Å²) in [6.07, 6.45) is 6.92. The summed E-state index contributed by atoms with van der Waals surface area (Å²) in [5, 5.41) is 11.8. The number of terminal acetylenes is 1. The smallest absolute Gasteiger partial charge is 0.183 e. The van der Waals surface area contributed by atoms with E-state index in [9.17, 15) is 5.21 Å². The zero-order valence-electron chi connectivity index (χ0n) is 9.91. The zero-order chi connectivity index (χ0) is 12.8. The van der Waals surface area contributed by atoms with Gasteiger partial charge in [0, 0.05) is 11.1 Å². The summed E-state index contributed by atoms with van der Waals surface area (Å²) >= 11 is 0.